The van der Waals surface area contributed by atoms with Crippen LogP contribution in [0.1, 0.15) is 18.1 Å². The molecule has 2 aromatic carbocycles. The van der Waals surface area contributed by atoms with Crippen molar-refractivity contribution >= 4 is 17.5 Å². The summed E-state index contributed by atoms with van der Waals surface area (Å²) in [5.41, 5.74) is 4.61. The van der Waals surface area contributed by atoms with Crippen LogP contribution in [-0.2, 0) is 4.79 Å². The first-order chi connectivity index (χ1) is 14.5. The fraction of sp³-hybridized carbons (Fsp3) is 0.130. The van der Waals surface area contributed by atoms with Gasteiger partial charge in [0, 0.05) is 18.7 Å². The average molecular weight is 402 g/mol. The first-order valence-corrected chi connectivity index (χ1v) is 9.36. The molecule has 0 atom stereocenters. The molecule has 0 N–H and O–H groups in total. The molecule has 0 aliphatic carbocycles. The predicted molar refractivity (Wildman–Crippen MR) is 112 cm³/mol. The van der Waals surface area contributed by atoms with Gasteiger partial charge in [-0.05, 0) is 49.2 Å². The van der Waals surface area contributed by atoms with E-state index in [0.717, 1.165) is 16.7 Å². The maximum Gasteiger partial charge on any atom is 0.248 e. The van der Waals surface area contributed by atoms with Crippen molar-refractivity contribution in [2.45, 2.75) is 20.8 Å². The summed E-state index contributed by atoms with van der Waals surface area (Å²) >= 11 is 0. The number of hydrogen-bond acceptors (Lipinski definition) is 5. The Labute approximate surface area is 173 Å². The molecule has 0 unspecified atom stereocenters. The number of amides is 1. The van der Waals surface area contributed by atoms with Gasteiger partial charge in [-0.1, -0.05) is 29.4 Å². The number of para-hydroxylation sites is 1. The van der Waals surface area contributed by atoms with E-state index in [1.54, 1.807) is 24.4 Å². The molecular formula is C23H19FN4O2. The van der Waals surface area contributed by atoms with E-state index in [9.17, 15) is 9.18 Å². The highest BCUT2D eigenvalue weighted by atomic mass is 19.1. The highest BCUT2D eigenvalue weighted by Gasteiger charge is 2.29. The highest BCUT2D eigenvalue weighted by molar-refractivity contribution is 6.03. The standard InChI is InChI=1S/C23H19FN4O2/c1-14-8-9-17(12-15(14)2)22-21(19-10-11-25-13-26-19)23(30-27-22)28(16(3)29)20-7-5-4-6-18(20)24/h4-13H,1-3H3. The predicted octanol–water partition coefficient (Wildman–Crippen LogP) is 5.24. The summed E-state index contributed by atoms with van der Waals surface area (Å²) < 4.78 is 20.2. The van der Waals surface area contributed by atoms with Crippen LogP contribution in [0.2, 0.25) is 0 Å². The van der Waals surface area contributed by atoms with Gasteiger partial charge in [-0.25, -0.2) is 19.3 Å². The van der Waals surface area contributed by atoms with E-state index in [2.05, 4.69) is 15.1 Å². The molecule has 4 aromatic rings. The van der Waals surface area contributed by atoms with Crippen LogP contribution in [-0.4, -0.2) is 21.0 Å². The van der Waals surface area contributed by atoms with Gasteiger partial charge in [0.05, 0.1) is 16.9 Å². The molecule has 4 rings (SSSR count). The van der Waals surface area contributed by atoms with Gasteiger partial charge >= 0.3 is 0 Å². The van der Waals surface area contributed by atoms with Gasteiger partial charge in [-0.3, -0.25) is 4.79 Å². The van der Waals surface area contributed by atoms with Crippen molar-refractivity contribution < 1.29 is 13.7 Å². The van der Waals surface area contributed by atoms with E-state index in [4.69, 9.17) is 4.52 Å². The molecule has 0 bridgehead atoms. The molecule has 0 spiro atoms. The third-order valence-electron chi connectivity index (χ3n) is 4.90. The maximum absolute atomic E-state index is 14.6. The van der Waals surface area contributed by atoms with Gasteiger partial charge < -0.3 is 4.52 Å². The number of benzene rings is 2. The summed E-state index contributed by atoms with van der Waals surface area (Å²) in [6, 6.07) is 13.6. The van der Waals surface area contributed by atoms with Crippen molar-refractivity contribution in [2.75, 3.05) is 4.90 Å². The van der Waals surface area contributed by atoms with Crippen LogP contribution in [0.4, 0.5) is 16.0 Å². The molecule has 0 aliphatic heterocycles. The summed E-state index contributed by atoms with van der Waals surface area (Å²) in [5, 5.41) is 4.24. The smallest absolute Gasteiger partial charge is 0.248 e. The zero-order valence-electron chi connectivity index (χ0n) is 16.8. The summed E-state index contributed by atoms with van der Waals surface area (Å²) in [4.78, 5) is 22.0. The number of nitrogens with zero attached hydrogens (tertiary/aromatic N) is 4. The minimum atomic E-state index is -0.550. The van der Waals surface area contributed by atoms with E-state index >= 15 is 0 Å². The second kappa shape index (κ2) is 7.87. The Kier molecular flexibility index (Phi) is 5.10. The van der Waals surface area contributed by atoms with Gasteiger partial charge in [-0.2, -0.15) is 0 Å². The molecule has 2 aromatic heterocycles. The molecule has 0 saturated heterocycles. The van der Waals surface area contributed by atoms with Crippen LogP contribution in [0.3, 0.4) is 0 Å². The van der Waals surface area contributed by atoms with Crippen molar-refractivity contribution in [3.63, 3.8) is 0 Å². The third-order valence-corrected chi connectivity index (χ3v) is 4.90. The molecule has 6 nitrogen and oxygen atoms in total. The van der Waals surface area contributed by atoms with Crippen LogP contribution in [0, 0.1) is 19.7 Å². The number of carbonyl (C=O) groups is 1. The lowest BCUT2D eigenvalue weighted by Crippen LogP contribution is -2.24. The second-order valence-corrected chi connectivity index (χ2v) is 6.91. The van der Waals surface area contributed by atoms with Crippen molar-refractivity contribution in [2.24, 2.45) is 0 Å². The van der Waals surface area contributed by atoms with Gasteiger partial charge in [0.2, 0.25) is 11.8 Å². The maximum atomic E-state index is 14.6. The van der Waals surface area contributed by atoms with E-state index in [1.165, 1.54) is 30.3 Å². The number of aromatic nitrogens is 3. The summed E-state index contributed by atoms with van der Waals surface area (Å²) in [7, 11) is 0. The zero-order valence-corrected chi connectivity index (χ0v) is 16.8. The molecule has 0 fully saturated rings. The monoisotopic (exact) mass is 402 g/mol. The Morgan fingerprint density at radius 3 is 2.53 bits per heavy atom. The lowest BCUT2D eigenvalue weighted by Gasteiger charge is -2.19. The lowest BCUT2D eigenvalue weighted by molar-refractivity contribution is -0.116. The van der Waals surface area contributed by atoms with Gasteiger partial charge in [0.25, 0.3) is 0 Å². The molecule has 150 valence electrons. The third kappa shape index (κ3) is 3.45. The Balaban J connectivity index is 1.98. The first kappa shape index (κ1) is 19.4. The normalized spacial score (nSPS) is 10.8. The van der Waals surface area contributed by atoms with Crippen LogP contribution >= 0.6 is 0 Å². The Bertz CT molecular complexity index is 1220. The molecule has 1 amide bonds. The number of hydrogen-bond donors (Lipinski definition) is 0. The SMILES string of the molecule is CC(=O)N(c1ccccc1F)c1onc(-c2ccc(C)c(C)c2)c1-c1ccncn1. The molecule has 30 heavy (non-hydrogen) atoms. The van der Waals surface area contributed by atoms with E-state index < -0.39 is 11.7 Å². The van der Waals surface area contributed by atoms with E-state index in [-0.39, 0.29) is 11.6 Å². The van der Waals surface area contributed by atoms with Crippen LogP contribution in [0.15, 0.2) is 65.6 Å². The van der Waals surface area contributed by atoms with Crippen molar-refractivity contribution in [3.05, 3.63) is 78.0 Å². The van der Waals surface area contributed by atoms with Crippen molar-refractivity contribution in [1.29, 1.82) is 0 Å². The topological polar surface area (TPSA) is 72.1 Å². The fourth-order valence-electron chi connectivity index (χ4n) is 3.24. The average Bonchev–Trinajstić information content (AvgIpc) is 3.16. The number of aryl methyl sites for hydroxylation is 2. The Morgan fingerprint density at radius 2 is 1.87 bits per heavy atom. The van der Waals surface area contributed by atoms with Crippen molar-refractivity contribution in [3.8, 4) is 22.5 Å². The fourth-order valence-corrected chi connectivity index (χ4v) is 3.24. The number of halogens is 1. The molecule has 0 aliphatic rings. The number of rotatable bonds is 4. The Hall–Kier alpha value is -3.87. The minimum Gasteiger partial charge on any atom is -0.336 e. The Morgan fingerprint density at radius 1 is 1.07 bits per heavy atom. The summed E-state index contributed by atoms with van der Waals surface area (Å²) in [6.07, 6.45) is 2.99. The highest BCUT2D eigenvalue weighted by Crippen LogP contribution is 2.42. The lowest BCUT2D eigenvalue weighted by atomic mass is 10.00. The van der Waals surface area contributed by atoms with E-state index in [0.29, 0.717) is 17.0 Å². The van der Waals surface area contributed by atoms with Crippen LogP contribution in [0.25, 0.3) is 22.5 Å². The van der Waals surface area contributed by atoms with Crippen LogP contribution in [0.5, 0.6) is 0 Å². The first-order valence-electron chi connectivity index (χ1n) is 9.36. The molecule has 0 radical (unpaired) electrons. The minimum absolute atomic E-state index is 0.0723. The largest absolute Gasteiger partial charge is 0.336 e. The van der Waals surface area contributed by atoms with Crippen molar-refractivity contribution in [1.82, 2.24) is 15.1 Å². The molecule has 2 heterocycles. The zero-order chi connectivity index (χ0) is 21.3. The molecule has 0 saturated carbocycles. The second-order valence-electron chi connectivity index (χ2n) is 6.91. The molecular weight excluding hydrogens is 383 g/mol. The molecule has 7 heteroatoms. The number of anilines is 2. The van der Waals surface area contributed by atoms with Crippen LogP contribution < -0.4 is 4.90 Å². The quantitative estimate of drug-likeness (QED) is 0.467. The van der Waals surface area contributed by atoms with Gasteiger partial charge in [-0.15, -0.1) is 0 Å². The van der Waals surface area contributed by atoms with Gasteiger partial charge in [0.15, 0.2) is 0 Å². The summed E-state index contributed by atoms with van der Waals surface area (Å²) in [5.74, 6) is -0.872. The van der Waals surface area contributed by atoms with E-state index in [1.807, 2.05) is 32.0 Å². The summed E-state index contributed by atoms with van der Waals surface area (Å²) in [6.45, 7) is 5.37. The number of carbonyl (C=O) groups excluding carboxylic acids is 1. The van der Waals surface area contributed by atoms with Gasteiger partial charge in [0.1, 0.15) is 17.8 Å².